The SMILES string of the molecule is Cc1cccc(C(N)CS(=O)(=O)Cc2ccc(Cl)cc2)c1. The molecule has 0 fully saturated rings. The molecule has 0 spiro atoms. The maximum atomic E-state index is 12.2. The number of sulfone groups is 1. The van der Waals surface area contributed by atoms with E-state index in [1.807, 2.05) is 31.2 Å². The first kappa shape index (κ1) is 16.0. The molecule has 21 heavy (non-hydrogen) atoms. The van der Waals surface area contributed by atoms with Gasteiger partial charge in [-0.25, -0.2) is 8.42 Å². The van der Waals surface area contributed by atoms with Gasteiger partial charge in [0.1, 0.15) is 0 Å². The van der Waals surface area contributed by atoms with Crippen LogP contribution in [0.4, 0.5) is 0 Å². The molecule has 112 valence electrons. The van der Waals surface area contributed by atoms with Crippen molar-refractivity contribution in [3.05, 3.63) is 70.2 Å². The molecule has 0 aliphatic heterocycles. The van der Waals surface area contributed by atoms with E-state index in [9.17, 15) is 8.42 Å². The lowest BCUT2D eigenvalue weighted by Gasteiger charge is -2.13. The summed E-state index contributed by atoms with van der Waals surface area (Å²) in [6.07, 6.45) is 0. The van der Waals surface area contributed by atoms with E-state index in [0.29, 0.717) is 5.02 Å². The van der Waals surface area contributed by atoms with Gasteiger partial charge in [-0.05, 0) is 30.2 Å². The molecule has 0 radical (unpaired) electrons. The molecule has 0 bridgehead atoms. The average Bonchev–Trinajstić information content (AvgIpc) is 2.40. The highest BCUT2D eigenvalue weighted by Crippen LogP contribution is 2.17. The van der Waals surface area contributed by atoms with E-state index in [1.165, 1.54) is 0 Å². The smallest absolute Gasteiger partial charge is 0.156 e. The van der Waals surface area contributed by atoms with Gasteiger partial charge in [0.15, 0.2) is 9.84 Å². The lowest BCUT2D eigenvalue weighted by atomic mass is 10.1. The van der Waals surface area contributed by atoms with Crippen LogP contribution in [0.3, 0.4) is 0 Å². The second-order valence-corrected chi connectivity index (χ2v) is 7.75. The highest BCUT2D eigenvalue weighted by molar-refractivity contribution is 7.90. The van der Waals surface area contributed by atoms with Crippen molar-refractivity contribution < 1.29 is 8.42 Å². The Hall–Kier alpha value is -1.36. The molecule has 0 saturated carbocycles. The van der Waals surface area contributed by atoms with Gasteiger partial charge < -0.3 is 5.73 Å². The third kappa shape index (κ3) is 4.84. The fourth-order valence-electron chi connectivity index (χ4n) is 2.16. The molecule has 5 heteroatoms. The molecule has 2 aromatic carbocycles. The summed E-state index contributed by atoms with van der Waals surface area (Å²) < 4.78 is 24.5. The van der Waals surface area contributed by atoms with Crippen LogP contribution in [0.15, 0.2) is 48.5 Å². The molecule has 0 aliphatic rings. The fraction of sp³-hybridized carbons (Fsp3) is 0.250. The molecule has 2 aromatic rings. The summed E-state index contributed by atoms with van der Waals surface area (Å²) in [6.45, 7) is 1.96. The Balaban J connectivity index is 2.08. The third-order valence-electron chi connectivity index (χ3n) is 3.20. The van der Waals surface area contributed by atoms with E-state index < -0.39 is 15.9 Å². The Labute approximate surface area is 130 Å². The molecule has 0 saturated heterocycles. The Kier molecular flexibility index (Phi) is 5.04. The van der Waals surface area contributed by atoms with E-state index in [-0.39, 0.29) is 11.5 Å². The van der Waals surface area contributed by atoms with E-state index in [4.69, 9.17) is 17.3 Å². The number of halogens is 1. The zero-order chi connectivity index (χ0) is 15.5. The second-order valence-electron chi connectivity index (χ2n) is 5.20. The molecule has 2 rings (SSSR count). The lowest BCUT2D eigenvalue weighted by Crippen LogP contribution is -2.22. The Morgan fingerprint density at radius 3 is 2.43 bits per heavy atom. The standard InChI is InChI=1S/C16H18ClNO2S/c1-12-3-2-4-14(9-12)16(18)11-21(19,20)10-13-5-7-15(17)8-6-13/h2-9,16H,10-11,18H2,1H3. The molecule has 0 aliphatic carbocycles. The van der Waals surface area contributed by atoms with Crippen molar-refractivity contribution in [2.45, 2.75) is 18.7 Å². The van der Waals surface area contributed by atoms with Crippen LogP contribution in [-0.4, -0.2) is 14.2 Å². The van der Waals surface area contributed by atoms with E-state index in [0.717, 1.165) is 16.7 Å². The van der Waals surface area contributed by atoms with E-state index in [2.05, 4.69) is 0 Å². The second kappa shape index (κ2) is 6.60. The molecule has 3 nitrogen and oxygen atoms in total. The molecule has 0 aromatic heterocycles. The number of hydrogen-bond acceptors (Lipinski definition) is 3. The maximum Gasteiger partial charge on any atom is 0.156 e. The first-order valence-electron chi connectivity index (χ1n) is 6.63. The van der Waals surface area contributed by atoms with Gasteiger partial charge in [0.25, 0.3) is 0 Å². The zero-order valence-electron chi connectivity index (χ0n) is 11.8. The van der Waals surface area contributed by atoms with E-state index >= 15 is 0 Å². The molecule has 0 heterocycles. The highest BCUT2D eigenvalue weighted by atomic mass is 35.5. The average molecular weight is 324 g/mol. The lowest BCUT2D eigenvalue weighted by molar-refractivity contribution is 0.588. The van der Waals surface area contributed by atoms with Crippen molar-refractivity contribution in [1.29, 1.82) is 0 Å². The fourth-order valence-corrected chi connectivity index (χ4v) is 3.85. The predicted molar refractivity (Wildman–Crippen MR) is 87.1 cm³/mol. The summed E-state index contributed by atoms with van der Waals surface area (Å²) in [5.74, 6) is -0.0945. The molecular formula is C16H18ClNO2S. The Morgan fingerprint density at radius 1 is 1.14 bits per heavy atom. The normalized spacial score (nSPS) is 13.1. The van der Waals surface area contributed by atoms with Gasteiger partial charge in [0.05, 0.1) is 11.5 Å². The predicted octanol–water partition coefficient (Wildman–Crippen LogP) is 3.26. The number of benzene rings is 2. The molecule has 1 unspecified atom stereocenters. The van der Waals surface area contributed by atoms with Gasteiger partial charge in [0, 0.05) is 11.1 Å². The zero-order valence-corrected chi connectivity index (χ0v) is 13.4. The summed E-state index contributed by atoms with van der Waals surface area (Å²) in [6, 6.07) is 13.9. The van der Waals surface area contributed by atoms with Crippen LogP contribution >= 0.6 is 11.6 Å². The molecular weight excluding hydrogens is 306 g/mol. The minimum Gasteiger partial charge on any atom is -0.323 e. The van der Waals surface area contributed by atoms with Crippen LogP contribution in [0.5, 0.6) is 0 Å². The summed E-state index contributed by atoms with van der Waals surface area (Å²) in [5.41, 5.74) is 8.66. The van der Waals surface area contributed by atoms with Crippen LogP contribution in [-0.2, 0) is 15.6 Å². The van der Waals surface area contributed by atoms with Crippen molar-refractivity contribution in [3.8, 4) is 0 Å². The van der Waals surface area contributed by atoms with Gasteiger partial charge in [-0.3, -0.25) is 0 Å². The van der Waals surface area contributed by atoms with Crippen molar-refractivity contribution in [1.82, 2.24) is 0 Å². The third-order valence-corrected chi connectivity index (χ3v) is 5.10. The van der Waals surface area contributed by atoms with Crippen LogP contribution < -0.4 is 5.73 Å². The monoisotopic (exact) mass is 323 g/mol. The van der Waals surface area contributed by atoms with Gasteiger partial charge in [-0.1, -0.05) is 53.6 Å². The first-order valence-corrected chi connectivity index (χ1v) is 8.83. The maximum absolute atomic E-state index is 12.2. The van der Waals surface area contributed by atoms with Crippen molar-refractivity contribution >= 4 is 21.4 Å². The largest absolute Gasteiger partial charge is 0.323 e. The molecule has 0 amide bonds. The van der Waals surface area contributed by atoms with Gasteiger partial charge in [-0.2, -0.15) is 0 Å². The quantitative estimate of drug-likeness (QED) is 0.918. The van der Waals surface area contributed by atoms with Crippen molar-refractivity contribution in [3.63, 3.8) is 0 Å². The van der Waals surface area contributed by atoms with Crippen LogP contribution in [0.2, 0.25) is 5.02 Å². The van der Waals surface area contributed by atoms with Gasteiger partial charge in [-0.15, -0.1) is 0 Å². The Morgan fingerprint density at radius 2 is 1.81 bits per heavy atom. The number of nitrogens with two attached hydrogens (primary N) is 1. The minimum atomic E-state index is -3.28. The topological polar surface area (TPSA) is 60.2 Å². The van der Waals surface area contributed by atoms with Crippen molar-refractivity contribution in [2.75, 3.05) is 5.75 Å². The molecule has 1 atom stereocenters. The van der Waals surface area contributed by atoms with Gasteiger partial charge in [0.2, 0.25) is 0 Å². The summed E-state index contributed by atoms with van der Waals surface area (Å²) in [7, 11) is -3.28. The van der Waals surface area contributed by atoms with Crippen LogP contribution in [0.25, 0.3) is 0 Å². The number of hydrogen-bond donors (Lipinski definition) is 1. The Bertz CT molecular complexity index is 711. The summed E-state index contributed by atoms with van der Waals surface area (Å²) in [5, 5.41) is 0.590. The number of rotatable bonds is 5. The molecule has 2 N–H and O–H groups in total. The van der Waals surface area contributed by atoms with E-state index in [1.54, 1.807) is 24.3 Å². The highest BCUT2D eigenvalue weighted by Gasteiger charge is 2.18. The van der Waals surface area contributed by atoms with Crippen molar-refractivity contribution in [2.24, 2.45) is 5.73 Å². The van der Waals surface area contributed by atoms with Crippen LogP contribution in [0, 0.1) is 6.92 Å². The first-order chi connectivity index (χ1) is 9.85. The summed E-state index contributed by atoms with van der Waals surface area (Å²) >= 11 is 5.79. The minimum absolute atomic E-state index is 0.0241. The number of aryl methyl sites for hydroxylation is 1. The van der Waals surface area contributed by atoms with Gasteiger partial charge >= 0.3 is 0 Å². The van der Waals surface area contributed by atoms with Crippen LogP contribution in [0.1, 0.15) is 22.7 Å². The summed E-state index contributed by atoms with van der Waals surface area (Å²) in [4.78, 5) is 0.